The molecule has 0 aromatic heterocycles. The largest absolute Gasteiger partial charge is 0.310 e. The summed E-state index contributed by atoms with van der Waals surface area (Å²) in [5.74, 6) is 0. The zero-order chi connectivity index (χ0) is 28.3. The van der Waals surface area contributed by atoms with Gasteiger partial charge in [0.25, 0.3) is 0 Å². The Hall–Kier alpha value is -5.34. The Morgan fingerprint density at radius 3 is 1.33 bits per heavy atom. The van der Waals surface area contributed by atoms with Crippen molar-refractivity contribution in [1.82, 2.24) is 0 Å². The maximum atomic E-state index is 2.35. The van der Waals surface area contributed by atoms with Gasteiger partial charge >= 0.3 is 0 Å². The van der Waals surface area contributed by atoms with Gasteiger partial charge in [-0.15, -0.1) is 0 Å². The van der Waals surface area contributed by atoms with Crippen molar-refractivity contribution in [1.29, 1.82) is 0 Å². The van der Waals surface area contributed by atoms with Crippen molar-refractivity contribution >= 4 is 41.1 Å². The summed E-state index contributed by atoms with van der Waals surface area (Å²) < 4.78 is 0. The number of benzene rings is 7. The van der Waals surface area contributed by atoms with E-state index < -0.39 is 0 Å². The Bertz CT molecular complexity index is 1960. The Balaban J connectivity index is 1.28. The van der Waals surface area contributed by atoms with Crippen molar-refractivity contribution in [3.05, 3.63) is 170 Å². The van der Waals surface area contributed by atoms with Crippen LogP contribution in [0.3, 0.4) is 0 Å². The second-order valence-corrected chi connectivity index (χ2v) is 10.8. The first-order valence-electron chi connectivity index (χ1n) is 14.4. The van der Waals surface area contributed by atoms with Crippen molar-refractivity contribution in [2.75, 3.05) is 4.90 Å². The third-order valence-electron chi connectivity index (χ3n) is 7.90. The van der Waals surface area contributed by atoms with E-state index in [9.17, 15) is 0 Å². The topological polar surface area (TPSA) is 3.24 Å². The first kappa shape index (κ1) is 25.6. The zero-order valence-corrected chi connectivity index (χ0v) is 23.6. The molecule has 0 saturated carbocycles. The van der Waals surface area contributed by atoms with E-state index in [1.54, 1.807) is 0 Å². The first-order chi connectivity index (χ1) is 20.7. The van der Waals surface area contributed by atoms with E-state index in [1.807, 2.05) is 0 Å². The van der Waals surface area contributed by atoms with Crippen molar-refractivity contribution in [3.8, 4) is 33.4 Å². The van der Waals surface area contributed by atoms with Gasteiger partial charge in [-0.3, -0.25) is 0 Å². The minimum atomic E-state index is 1.12. The van der Waals surface area contributed by atoms with Crippen LogP contribution in [-0.2, 0) is 0 Å². The molecule has 0 aliphatic heterocycles. The normalized spacial score (nSPS) is 11.0. The third kappa shape index (κ3) is 5.23. The molecule has 7 rings (SSSR count). The lowest BCUT2D eigenvalue weighted by Gasteiger charge is -2.26. The third-order valence-corrected chi connectivity index (χ3v) is 7.90. The van der Waals surface area contributed by atoms with Crippen LogP contribution in [0.1, 0.15) is 0 Å². The molecule has 0 radical (unpaired) electrons. The Morgan fingerprint density at radius 2 is 0.738 bits per heavy atom. The number of anilines is 3. The summed E-state index contributed by atoms with van der Waals surface area (Å²) in [6, 6.07) is 61.1. The minimum Gasteiger partial charge on any atom is -0.310 e. The highest BCUT2D eigenvalue weighted by molar-refractivity contribution is 6.33. The molecule has 0 heterocycles. The van der Waals surface area contributed by atoms with E-state index in [0.29, 0.717) is 0 Å². The van der Waals surface area contributed by atoms with Crippen LogP contribution in [0.2, 0.25) is 0 Å². The van der Waals surface area contributed by atoms with Crippen LogP contribution < -0.4 is 10.4 Å². The predicted octanol–water partition coefficient (Wildman–Crippen LogP) is 9.57. The van der Waals surface area contributed by atoms with Gasteiger partial charge in [0.1, 0.15) is 7.85 Å². The maximum absolute atomic E-state index is 2.35. The average molecular weight is 535 g/mol. The molecule has 0 saturated heterocycles. The molecule has 0 N–H and O–H groups in total. The van der Waals surface area contributed by atoms with Crippen molar-refractivity contribution in [3.63, 3.8) is 0 Å². The number of hydrogen-bond acceptors (Lipinski definition) is 1. The summed E-state index contributed by atoms with van der Waals surface area (Å²) in [5, 5.41) is 2.49. The first-order valence-corrected chi connectivity index (χ1v) is 14.4. The summed E-state index contributed by atoms with van der Waals surface area (Å²) in [7, 11) is 2.14. The average Bonchev–Trinajstić information content (AvgIpc) is 3.06. The highest BCUT2D eigenvalue weighted by atomic mass is 15.1. The van der Waals surface area contributed by atoms with Gasteiger partial charge in [0.15, 0.2) is 0 Å². The van der Waals surface area contributed by atoms with Gasteiger partial charge in [-0.2, -0.15) is 0 Å². The second kappa shape index (κ2) is 11.3. The molecular formula is C40H30BN. The fourth-order valence-electron chi connectivity index (χ4n) is 5.68. The monoisotopic (exact) mass is 535 g/mol. The molecule has 0 fully saturated rings. The quantitative estimate of drug-likeness (QED) is 0.192. The number of hydrogen-bond donors (Lipinski definition) is 0. The van der Waals surface area contributed by atoms with Crippen molar-refractivity contribution < 1.29 is 0 Å². The molecule has 0 bridgehead atoms. The molecule has 0 spiro atoms. The van der Waals surface area contributed by atoms with Crippen LogP contribution in [0.5, 0.6) is 0 Å². The van der Waals surface area contributed by atoms with Crippen LogP contribution in [0.15, 0.2) is 170 Å². The summed E-state index contributed by atoms with van der Waals surface area (Å²) in [6.07, 6.45) is 0. The summed E-state index contributed by atoms with van der Waals surface area (Å²) >= 11 is 0. The maximum Gasteiger partial charge on any atom is 0.139 e. The smallest absolute Gasteiger partial charge is 0.139 e. The standard InChI is InChI=1S/C40H30BN/c41-37-20-14-36-28-40(25-19-35(36)27-37)42(38-21-15-31(16-22-38)29-8-3-1-4-9-29)39-23-17-32(18-24-39)34-13-7-12-33(26-34)30-10-5-2-6-11-30/h1-28H,41H2. The van der Waals surface area contributed by atoms with E-state index in [0.717, 1.165) is 17.1 Å². The fraction of sp³-hybridized carbons (Fsp3) is 0. The summed E-state index contributed by atoms with van der Waals surface area (Å²) in [4.78, 5) is 2.35. The number of nitrogens with zero attached hydrogens (tertiary/aromatic N) is 1. The molecule has 0 amide bonds. The van der Waals surface area contributed by atoms with E-state index in [-0.39, 0.29) is 0 Å². The van der Waals surface area contributed by atoms with Crippen molar-refractivity contribution in [2.45, 2.75) is 0 Å². The Kier molecular flexibility index (Phi) is 6.88. The van der Waals surface area contributed by atoms with Gasteiger partial charge in [-0.25, -0.2) is 0 Å². The highest BCUT2D eigenvalue weighted by Gasteiger charge is 2.14. The number of fused-ring (bicyclic) bond motifs is 1. The van der Waals surface area contributed by atoms with E-state index >= 15 is 0 Å². The fourth-order valence-corrected chi connectivity index (χ4v) is 5.68. The molecule has 2 heteroatoms. The van der Waals surface area contributed by atoms with Crippen LogP contribution >= 0.6 is 0 Å². The van der Waals surface area contributed by atoms with E-state index in [1.165, 1.54) is 49.6 Å². The minimum absolute atomic E-state index is 1.12. The zero-order valence-electron chi connectivity index (χ0n) is 23.6. The summed E-state index contributed by atoms with van der Waals surface area (Å²) in [6.45, 7) is 0. The molecule has 0 atom stereocenters. The second-order valence-electron chi connectivity index (χ2n) is 10.8. The summed E-state index contributed by atoms with van der Waals surface area (Å²) in [5.41, 5.74) is 12.0. The molecule has 198 valence electrons. The molecule has 0 unspecified atom stereocenters. The Morgan fingerprint density at radius 1 is 0.310 bits per heavy atom. The van der Waals surface area contributed by atoms with Crippen LogP contribution in [0.4, 0.5) is 17.1 Å². The van der Waals surface area contributed by atoms with Gasteiger partial charge in [-0.05, 0) is 86.6 Å². The number of rotatable bonds is 6. The lowest BCUT2D eigenvalue weighted by atomic mass is 9.93. The van der Waals surface area contributed by atoms with Gasteiger partial charge in [-0.1, -0.05) is 133 Å². The van der Waals surface area contributed by atoms with Gasteiger partial charge in [0, 0.05) is 17.1 Å². The van der Waals surface area contributed by atoms with Gasteiger partial charge < -0.3 is 4.90 Å². The van der Waals surface area contributed by atoms with E-state index in [2.05, 4.69) is 183 Å². The highest BCUT2D eigenvalue weighted by Crippen LogP contribution is 2.38. The molecule has 1 nitrogen and oxygen atoms in total. The SMILES string of the molecule is Bc1ccc2cc(N(c3ccc(-c4ccccc4)cc3)c3ccc(-c4cccc(-c5ccccc5)c4)cc3)ccc2c1. The molecule has 0 aliphatic carbocycles. The lowest BCUT2D eigenvalue weighted by molar-refractivity contribution is 1.29. The predicted molar refractivity (Wildman–Crippen MR) is 183 cm³/mol. The van der Waals surface area contributed by atoms with E-state index in [4.69, 9.17) is 0 Å². The van der Waals surface area contributed by atoms with Gasteiger partial charge in [0.2, 0.25) is 0 Å². The molecular weight excluding hydrogens is 505 g/mol. The molecule has 0 aliphatic rings. The molecule has 7 aromatic rings. The van der Waals surface area contributed by atoms with Gasteiger partial charge in [0.05, 0.1) is 0 Å². The lowest BCUT2D eigenvalue weighted by Crippen LogP contribution is -2.10. The Labute approximate surface area is 248 Å². The van der Waals surface area contributed by atoms with Crippen LogP contribution in [-0.4, -0.2) is 7.85 Å². The molecule has 42 heavy (non-hydrogen) atoms. The van der Waals surface area contributed by atoms with Crippen molar-refractivity contribution in [2.24, 2.45) is 0 Å². The van der Waals surface area contributed by atoms with Crippen LogP contribution in [0.25, 0.3) is 44.2 Å². The van der Waals surface area contributed by atoms with Crippen LogP contribution in [0, 0.1) is 0 Å². The molecule has 7 aromatic carbocycles.